The average Bonchev–Trinajstić information content (AvgIpc) is 3.45. The van der Waals surface area contributed by atoms with Gasteiger partial charge in [0.15, 0.2) is 5.78 Å². The number of rotatable bonds is 8. The molecule has 1 aromatic rings. The molecule has 1 saturated heterocycles. The van der Waals surface area contributed by atoms with E-state index in [4.69, 9.17) is 9.47 Å². The number of amides is 1. The van der Waals surface area contributed by atoms with E-state index in [1.54, 1.807) is 6.07 Å². The third kappa shape index (κ3) is 6.32. The van der Waals surface area contributed by atoms with Gasteiger partial charge in [0.1, 0.15) is 17.2 Å². The van der Waals surface area contributed by atoms with Crippen LogP contribution in [-0.2, 0) is 4.74 Å². The zero-order valence-electron chi connectivity index (χ0n) is 21.5. The second-order valence-corrected chi connectivity index (χ2v) is 11.9. The molecular formula is C29H36F3NO4. The van der Waals surface area contributed by atoms with Crippen molar-refractivity contribution in [2.24, 2.45) is 11.3 Å². The van der Waals surface area contributed by atoms with Crippen LogP contribution in [0.25, 0.3) is 0 Å². The fourth-order valence-electron chi connectivity index (χ4n) is 6.08. The minimum Gasteiger partial charge on any atom is -0.493 e. The number of alkyl halides is 2. The van der Waals surface area contributed by atoms with Gasteiger partial charge in [-0.15, -0.1) is 0 Å². The lowest BCUT2D eigenvalue weighted by Gasteiger charge is -2.52. The molecule has 0 unspecified atom stereocenters. The Kier molecular flexibility index (Phi) is 7.05. The van der Waals surface area contributed by atoms with E-state index in [9.17, 15) is 22.8 Å². The monoisotopic (exact) mass is 519 g/mol. The SMILES string of the molecule is CC1(OC(=O)N2CCC3(CC2)CC(CCCOc2ccc(C(=O)/C=C4/CCC(F)(F)C4)c(F)c2)C3)CC1. The minimum atomic E-state index is -2.77. The topological polar surface area (TPSA) is 55.8 Å². The first-order chi connectivity index (χ1) is 17.5. The van der Waals surface area contributed by atoms with Crippen LogP contribution in [0.4, 0.5) is 18.0 Å². The van der Waals surface area contributed by atoms with Crippen molar-refractivity contribution in [2.75, 3.05) is 19.7 Å². The van der Waals surface area contributed by atoms with E-state index in [1.807, 2.05) is 11.8 Å². The first kappa shape index (κ1) is 26.1. The molecule has 0 atom stereocenters. The van der Waals surface area contributed by atoms with Crippen LogP contribution in [0, 0.1) is 17.2 Å². The summed E-state index contributed by atoms with van der Waals surface area (Å²) in [5.74, 6) is -3.05. The summed E-state index contributed by atoms with van der Waals surface area (Å²) in [6, 6.07) is 4.11. The van der Waals surface area contributed by atoms with Gasteiger partial charge in [0.2, 0.25) is 0 Å². The number of carbonyl (C=O) groups is 2. The van der Waals surface area contributed by atoms with Gasteiger partial charge in [-0.3, -0.25) is 4.79 Å². The molecule has 3 aliphatic carbocycles. The molecule has 4 fully saturated rings. The van der Waals surface area contributed by atoms with Gasteiger partial charge in [-0.2, -0.15) is 0 Å². The highest BCUT2D eigenvalue weighted by Gasteiger charge is 2.47. The van der Waals surface area contributed by atoms with E-state index in [0.29, 0.717) is 29.3 Å². The molecule has 4 aliphatic rings. The Hall–Kier alpha value is -2.51. The summed E-state index contributed by atoms with van der Waals surface area (Å²) in [6.45, 7) is 4.01. The lowest BCUT2D eigenvalue weighted by Crippen LogP contribution is -2.49. The number of hydrogen-bond acceptors (Lipinski definition) is 4. The first-order valence-corrected chi connectivity index (χ1v) is 13.6. The Bertz CT molecular complexity index is 1060. The fraction of sp³-hybridized carbons (Fsp3) is 0.655. The molecule has 0 aromatic heterocycles. The molecule has 0 bridgehead atoms. The van der Waals surface area contributed by atoms with Gasteiger partial charge in [0, 0.05) is 32.0 Å². The number of halogens is 3. The maximum absolute atomic E-state index is 14.5. The molecule has 0 N–H and O–H groups in total. The summed E-state index contributed by atoms with van der Waals surface area (Å²) in [5.41, 5.74) is 0.372. The van der Waals surface area contributed by atoms with E-state index in [1.165, 1.54) is 25.0 Å². The Balaban J connectivity index is 0.995. The number of hydrogen-bond donors (Lipinski definition) is 0. The first-order valence-electron chi connectivity index (χ1n) is 13.6. The Morgan fingerprint density at radius 2 is 1.84 bits per heavy atom. The summed E-state index contributed by atoms with van der Waals surface area (Å²) in [4.78, 5) is 26.5. The molecule has 37 heavy (non-hydrogen) atoms. The maximum atomic E-state index is 14.5. The molecule has 1 aliphatic heterocycles. The molecule has 1 amide bonds. The average molecular weight is 520 g/mol. The van der Waals surface area contributed by atoms with Crippen LogP contribution in [0.5, 0.6) is 5.75 Å². The van der Waals surface area contributed by atoms with Crippen molar-refractivity contribution in [1.82, 2.24) is 4.90 Å². The lowest BCUT2D eigenvalue weighted by molar-refractivity contribution is -0.0231. The van der Waals surface area contributed by atoms with Gasteiger partial charge in [0.05, 0.1) is 12.2 Å². The number of ketones is 1. The Morgan fingerprint density at radius 3 is 2.46 bits per heavy atom. The van der Waals surface area contributed by atoms with Crippen molar-refractivity contribution >= 4 is 11.9 Å². The zero-order chi connectivity index (χ0) is 26.3. The van der Waals surface area contributed by atoms with Gasteiger partial charge in [-0.05, 0) is 94.3 Å². The Morgan fingerprint density at radius 1 is 1.11 bits per heavy atom. The van der Waals surface area contributed by atoms with E-state index in [0.717, 1.165) is 57.7 Å². The number of nitrogens with zero attached hydrogens (tertiary/aromatic N) is 1. The molecule has 0 radical (unpaired) electrons. The van der Waals surface area contributed by atoms with Crippen LogP contribution >= 0.6 is 0 Å². The fourth-order valence-corrected chi connectivity index (χ4v) is 6.08. The van der Waals surface area contributed by atoms with Crippen molar-refractivity contribution < 1.29 is 32.2 Å². The summed E-state index contributed by atoms with van der Waals surface area (Å²) in [7, 11) is 0. The molecule has 5 rings (SSSR count). The second-order valence-electron chi connectivity index (χ2n) is 11.9. The number of benzene rings is 1. The predicted octanol–water partition coefficient (Wildman–Crippen LogP) is 7.09. The molecule has 1 heterocycles. The number of carbonyl (C=O) groups excluding carboxylic acids is 2. The molecule has 3 saturated carbocycles. The van der Waals surface area contributed by atoms with E-state index < -0.39 is 23.9 Å². The van der Waals surface area contributed by atoms with Gasteiger partial charge in [-0.25, -0.2) is 18.0 Å². The van der Waals surface area contributed by atoms with Crippen molar-refractivity contribution in [1.29, 1.82) is 0 Å². The lowest BCUT2D eigenvalue weighted by atomic mass is 9.56. The van der Waals surface area contributed by atoms with E-state index in [2.05, 4.69) is 0 Å². The van der Waals surface area contributed by atoms with Crippen LogP contribution in [0.15, 0.2) is 29.8 Å². The van der Waals surface area contributed by atoms with Crippen molar-refractivity contribution in [2.45, 2.75) is 89.1 Å². The third-order valence-corrected chi connectivity index (χ3v) is 8.68. The molecule has 5 nitrogen and oxygen atoms in total. The summed E-state index contributed by atoms with van der Waals surface area (Å²) >= 11 is 0. The Labute approximate surface area is 216 Å². The highest BCUT2D eigenvalue weighted by Crippen LogP contribution is 2.54. The third-order valence-electron chi connectivity index (χ3n) is 8.68. The van der Waals surface area contributed by atoms with Crippen LogP contribution in [0.2, 0.25) is 0 Å². The largest absolute Gasteiger partial charge is 0.493 e. The summed E-state index contributed by atoms with van der Waals surface area (Å²) in [6.07, 6.45) is 8.72. The molecule has 1 spiro atoms. The van der Waals surface area contributed by atoms with E-state index >= 15 is 0 Å². The maximum Gasteiger partial charge on any atom is 0.410 e. The number of allylic oxidation sites excluding steroid dienone is 2. The van der Waals surface area contributed by atoms with Gasteiger partial charge in [-0.1, -0.05) is 5.57 Å². The zero-order valence-corrected chi connectivity index (χ0v) is 21.5. The second kappa shape index (κ2) is 9.99. The highest BCUT2D eigenvalue weighted by atomic mass is 19.3. The van der Waals surface area contributed by atoms with Crippen molar-refractivity contribution in [3.63, 3.8) is 0 Å². The van der Waals surface area contributed by atoms with Crippen molar-refractivity contribution in [3.8, 4) is 5.75 Å². The molecular weight excluding hydrogens is 483 g/mol. The normalized spacial score (nSPS) is 24.6. The van der Waals surface area contributed by atoms with Gasteiger partial charge < -0.3 is 14.4 Å². The molecule has 1 aromatic carbocycles. The smallest absolute Gasteiger partial charge is 0.410 e. The minimum absolute atomic E-state index is 0.129. The number of likely N-dealkylation sites (tertiary alicyclic amines) is 1. The van der Waals surface area contributed by atoms with Crippen LogP contribution < -0.4 is 4.74 Å². The molecule has 8 heteroatoms. The highest BCUT2D eigenvalue weighted by molar-refractivity contribution is 6.05. The van der Waals surface area contributed by atoms with Crippen LogP contribution in [-0.4, -0.2) is 48.0 Å². The quantitative estimate of drug-likeness (QED) is 0.209. The standard InChI is InChI=1S/C29H36F3NO4/c1-27(8-9-27)37-26(35)33-12-10-28(11-13-33)17-21(18-28)3-2-14-36-22-4-5-23(24(30)16-22)25(34)15-20-6-7-29(31,32)19-20/h4-5,15-16,21H,2-3,6-14,17-19H2,1H3/b20-15-. The van der Waals surface area contributed by atoms with E-state index in [-0.39, 0.29) is 30.1 Å². The summed E-state index contributed by atoms with van der Waals surface area (Å²) < 4.78 is 52.4. The summed E-state index contributed by atoms with van der Waals surface area (Å²) in [5, 5.41) is 0. The van der Waals surface area contributed by atoms with Crippen LogP contribution in [0.3, 0.4) is 0 Å². The predicted molar refractivity (Wildman–Crippen MR) is 132 cm³/mol. The molecule has 202 valence electrons. The van der Waals surface area contributed by atoms with Crippen LogP contribution in [0.1, 0.15) is 87.9 Å². The van der Waals surface area contributed by atoms with Gasteiger partial charge >= 0.3 is 6.09 Å². The number of piperidine rings is 1. The van der Waals surface area contributed by atoms with Gasteiger partial charge in [0.25, 0.3) is 5.92 Å². The number of ether oxygens (including phenoxy) is 2. The van der Waals surface area contributed by atoms with Crippen molar-refractivity contribution in [3.05, 3.63) is 41.2 Å².